The highest BCUT2D eigenvalue weighted by atomic mass is 16.2. The third kappa shape index (κ3) is 2.10. The van der Waals surface area contributed by atoms with Crippen molar-refractivity contribution in [1.29, 1.82) is 0 Å². The molecule has 0 unspecified atom stereocenters. The largest absolute Gasteiger partial charge is 0.344 e. The highest BCUT2D eigenvalue weighted by Gasteiger charge is 2.57. The highest BCUT2D eigenvalue weighted by molar-refractivity contribution is 5.83. The lowest BCUT2D eigenvalue weighted by Crippen LogP contribution is -2.44. The highest BCUT2D eigenvalue weighted by Crippen LogP contribution is 2.49. The Morgan fingerprint density at radius 2 is 2.04 bits per heavy atom. The van der Waals surface area contributed by atoms with Crippen LogP contribution in [0.25, 0.3) is 5.52 Å². The first kappa shape index (κ1) is 14.5. The molecule has 0 radical (unpaired) electrons. The van der Waals surface area contributed by atoms with Crippen LogP contribution in [0.4, 0.5) is 0 Å². The summed E-state index contributed by atoms with van der Waals surface area (Å²) in [5, 5.41) is 6.63. The number of hydrogen-bond acceptors (Lipinski definition) is 3. The van der Waals surface area contributed by atoms with Crippen molar-refractivity contribution in [2.45, 2.75) is 38.1 Å². The summed E-state index contributed by atoms with van der Waals surface area (Å²) in [4.78, 5) is 17.7. The summed E-state index contributed by atoms with van der Waals surface area (Å²) in [6, 6.07) is 6.24. The number of rotatable bonds is 4. The summed E-state index contributed by atoms with van der Waals surface area (Å²) in [5.41, 5.74) is 1.91. The van der Waals surface area contributed by atoms with E-state index in [-0.39, 0.29) is 11.8 Å². The number of nitrogens with zero attached hydrogens (tertiary/aromatic N) is 2. The smallest absolute Gasteiger partial charge is 0.224 e. The van der Waals surface area contributed by atoms with Crippen LogP contribution in [0.5, 0.6) is 0 Å². The molecule has 3 aliphatic rings. The Kier molecular flexibility index (Phi) is 2.90. The lowest BCUT2D eigenvalue weighted by Gasteiger charge is -2.25. The number of piperidine rings is 1. The zero-order chi connectivity index (χ0) is 16.5. The second-order valence-corrected chi connectivity index (χ2v) is 8.18. The molecule has 2 aromatic heterocycles. The van der Waals surface area contributed by atoms with Gasteiger partial charge in [0.25, 0.3) is 0 Å². The van der Waals surface area contributed by atoms with Gasteiger partial charge in [0.15, 0.2) is 0 Å². The van der Waals surface area contributed by atoms with Crippen molar-refractivity contribution < 1.29 is 4.79 Å². The van der Waals surface area contributed by atoms with Crippen molar-refractivity contribution >= 4 is 11.4 Å². The van der Waals surface area contributed by atoms with Crippen LogP contribution in [-0.4, -0.2) is 28.4 Å². The Balaban J connectivity index is 1.46. The first-order chi connectivity index (χ1) is 11.6. The summed E-state index contributed by atoms with van der Waals surface area (Å²) in [7, 11) is 0. The molecule has 126 valence electrons. The van der Waals surface area contributed by atoms with Gasteiger partial charge in [0.2, 0.25) is 5.91 Å². The van der Waals surface area contributed by atoms with E-state index in [4.69, 9.17) is 4.98 Å². The molecule has 3 heterocycles. The van der Waals surface area contributed by atoms with Crippen molar-refractivity contribution in [1.82, 2.24) is 20.0 Å². The van der Waals surface area contributed by atoms with Crippen molar-refractivity contribution in [3.8, 4) is 0 Å². The molecule has 2 saturated carbocycles. The van der Waals surface area contributed by atoms with E-state index in [1.54, 1.807) is 0 Å². The fraction of sp³-hybridized carbons (Fsp3) is 0.579. The molecule has 5 nitrogen and oxygen atoms in total. The molecule has 1 amide bonds. The van der Waals surface area contributed by atoms with Gasteiger partial charge in [-0.3, -0.25) is 4.79 Å². The van der Waals surface area contributed by atoms with Crippen LogP contribution in [0.3, 0.4) is 0 Å². The molecular formula is C19H24N4O. The van der Waals surface area contributed by atoms with Gasteiger partial charge in [0.05, 0.1) is 16.7 Å². The molecule has 2 aliphatic carbocycles. The topological polar surface area (TPSA) is 58.4 Å². The quantitative estimate of drug-likeness (QED) is 0.905. The number of amides is 1. The predicted molar refractivity (Wildman–Crippen MR) is 91.7 cm³/mol. The van der Waals surface area contributed by atoms with Crippen molar-refractivity contribution in [2.24, 2.45) is 17.8 Å². The average molecular weight is 324 g/mol. The van der Waals surface area contributed by atoms with E-state index in [9.17, 15) is 4.79 Å². The maximum atomic E-state index is 12.7. The lowest BCUT2D eigenvalue weighted by atomic mass is 10.0. The van der Waals surface area contributed by atoms with E-state index in [0.29, 0.717) is 17.8 Å². The van der Waals surface area contributed by atoms with E-state index < -0.39 is 5.54 Å². The Morgan fingerprint density at radius 1 is 1.29 bits per heavy atom. The van der Waals surface area contributed by atoms with E-state index in [1.807, 2.05) is 6.07 Å². The summed E-state index contributed by atoms with van der Waals surface area (Å²) >= 11 is 0. The standard InChI is InChI=1S/C19H24N4O/c1-19(2,22-17(24)15-12-9-20-10-13(12)15)18-21-16(11-6-7-11)14-5-3-4-8-23(14)18/h3-5,8,11-13,15,20H,6-7,9-10H2,1-2H3,(H,22,24)/t12-,13+,15+. The first-order valence-electron chi connectivity index (χ1n) is 9.06. The van der Waals surface area contributed by atoms with Crippen molar-refractivity contribution in [2.75, 3.05) is 13.1 Å². The van der Waals surface area contributed by atoms with E-state index in [2.05, 4.69) is 47.2 Å². The summed E-state index contributed by atoms with van der Waals surface area (Å²) in [6.07, 6.45) is 4.52. The van der Waals surface area contributed by atoms with Crippen LogP contribution in [0.1, 0.15) is 44.1 Å². The second kappa shape index (κ2) is 4.82. The van der Waals surface area contributed by atoms with Gasteiger partial charge in [-0.15, -0.1) is 0 Å². The van der Waals surface area contributed by atoms with Crippen LogP contribution in [0, 0.1) is 17.8 Å². The summed E-state index contributed by atoms with van der Waals surface area (Å²) < 4.78 is 2.16. The third-order valence-electron chi connectivity index (χ3n) is 5.93. The van der Waals surface area contributed by atoms with Crippen molar-refractivity contribution in [3.05, 3.63) is 35.9 Å². The van der Waals surface area contributed by atoms with Crippen LogP contribution < -0.4 is 10.6 Å². The zero-order valence-electron chi connectivity index (χ0n) is 14.2. The third-order valence-corrected chi connectivity index (χ3v) is 5.93. The zero-order valence-corrected chi connectivity index (χ0v) is 14.2. The van der Waals surface area contributed by atoms with Gasteiger partial charge in [0, 0.05) is 18.0 Å². The number of fused-ring (bicyclic) bond motifs is 2. The fourth-order valence-electron chi connectivity index (χ4n) is 4.41. The fourth-order valence-corrected chi connectivity index (χ4v) is 4.41. The van der Waals surface area contributed by atoms with Crippen LogP contribution in [0.2, 0.25) is 0 Å². The molecule has 1 saturated heterocycles. The SMILES string of the molecule is CC(C)(NC(=O)[C@H]1[C@@H]2CNC[C@@H]21)c1nc(C2CC2)c2ccccn12. The Labute approximate surface area is 141 Å². The maximum Gasteiger partial charge on any atom is 0.224 e. The predicted octanol–water partition coefficient (Wildman–Crippen LogP) is 2.03. The molecule has 0 aromatic carbocycles. The molecule has 2 aromatic rings. The molecule has 3 fully saturated rings. The van der Waals surface area contributed by atoms with Gasteiger partial charge in [-0.1, -0.05) is 6.07 Å². The number of hydrogen-bond donors (Lipinski definition) is 2. The molecule has 5 rings (SSSR count). The van der Waals surface area contributed by atoms with Gasteiger partial charge in [-0.25, -0.2) is 4.98 Å². The summed E-state index contributed by atoms with van der Waals surface area (Å²) in [6.45, 7) is 6.11. The van der Waals surface area contributed by atoms with Crippen LogP contribution >= 0.6 is 0 Å². The Bertz CT molecular complexity index is 810. The number of carbonyl (C=O) groups is 1. The average Bonchev–Trinajstić information content (AvgIpc) is 3.43. The van der Waals surface area contributed by atoms with Gasteiger partial charge in [0.1, 0.15) is 5.82 Å². The molecule has 1 aliphatic heterocycles. The Hall–Kier alpha value is -1.88. The minimum Gasteiger partial charge on any atom is -0.344 e. The molecule has 5 heteroatoms. The minimum absolute atomic E-state index is 0.192. The molecule has 24 heavy (non-hydrogen) atoms. The van der Waals surface area contributed by atoms with Crippen molar-refractivity contribution in [3.63, 3.8) is 0 Å². The minimum atomic E-state index is -0.473. The second-order valence-electron chi connectivity index (χ2n) is 8.18. The number of aromatic nitrogens is 2. The number of carbonyl (C=O) groups excluding carboxylic acids is 1. The Morgan fingerprint density at radius 3 is 2.75 bits per heavy atom. The molecular weight excluding hydrogens is 300 g/mol. The van der Waals surface area contributed by atoms with Crippen LogP contribution in [0.15, 0.2) is 24.4 Å². The van der Waals surface area contributed by atoms with Gasteiger partial charge >= 0.3 is 0 Å². The molecule has 2 N–H and O–H groups in total. The van der Waals surface area contributed by atoms with Gasteiger partial charge < -0.3 is 15.0 Å². The summed E-state index contributed by atoms with van der Waals surface area (Å²) in [5.74, 6) is 3.00. The van der Waals surface area contributed by atoms with Gasteiger partial charge in [-0.2, -0.15) is 0 Å². The monoisotopic (exact) mass is 324 g/mol. The van der Waals surface area contributed by atoms with Crippen LogP contribution in [-0.2, 0) is 10.3 Å². The van der Waals surface area contributed by atoms with E-state index in [0.717, 1.165) is 18.9 Å². The first-order valence-corrected chi connectivity index (χ1v) is 9.06. The van der Waals surface area contributed by atoms with E-state index >= 15 is 0 Å². The molecule has 0 spiro atoms. The number of imidazole rings is 1. The number of pyridine rings is 1. The number of nitrogens with one attached hydrogen (secondary N) is 2. The normalized spacial score (nSPS) is 28.8. The van der Waals surface area contributed by atoms with E-state index in [1.165, 1.54) is 24.1 Å². The van der Waals surface area contributed by atoms with Gasteiger partial charge in [-0.05, 0) is 63.7 Å². The lowest BCUT2D eigenvalue weighted by molar-refractivity contribution is -0.124. The maximum absolute atomic E-state index is 12.7. The molecule has 3 atom stereocenters. The molecule has 0 bridgehead atoms.